The minimum absolute atomic E-state index is 0.0325. The first kappa shape index (κ1) is 17.0. The number of methoxy groups -OCH3 is 1. The van der Waals surface area contributed by atoms with Crippen LogP contribution in [0.15, 0.2) is 24.3 Å². The highest BCUT2D eigenvalue weighted by molar-refractivity contribution is 5.46. The Kier molecular flexibility index (Phi) is 5.76. The molecule has 0 bridgehead atoms. The molecule has 1 aromatic carbocycles. The van der Waals surface area contributed by atoms with Gasteiger partial charge >= 0.3 is 0 Å². The molecule has 0 saturated heterocycles. The molecule has 0 unspecified atom stereocenters. The first-order valence-corrected chi connectivity index (χ1v) is 7.54. The first-order chi connectivity index (χ1) is 11.0. The van der Waals surface area contributed by atoms with Gasteiger partial charge in [0, 0.05) is 11.8 Å². The summed E-state index contributed by atoms with van der Waals surface area (Å²) < 4.78 is 10.8. The second kappa shape index (κ2) is 7.78. The fourth-order valence-corrected chi connectivity index (χ4v) is 2.32. The van der Waals surface area contributed by atoms with Crippen molar-refractivity contribution in [1.29, 1.82) is 0 Å². The average Bonchev–Trinajstić information content (AvgIpc) is 2.51. The third-order valence-corrected chi connectivity index (χ3v) is 3.37. The van der Waals surface area contributed by atoms with Gasteiger partial charge in [0.2, 0.25) is 0 Å². The molecular formula is C17H23N3O3. The van der Waals surface area contributed by atoms with Crippen molar-refractivity contribution in [3.63, 3.8) is 0 Å². The predicted octanol–water partition coefficient (Wildman–Crippen LogP) is 2.65. The van der Waals surface area contributed by atoms with Gasteiger partial charge in [0.15, 0.2) is 11.5 Å². The summed E-state index contributed by atoms with van der Waals surface area (Å²) in [6.45, 7) is 6.08. The summed E-state index contributed by atoms with van der Waals surface area (Å²) in [6, 6.07) is 7.70. The van der Waals surface area contributed by atoms with E-state index >= 15 is 0 Å². The van der Waals surface area contributed by atoms with Crippen molar-refractivity contribution in [3.8, 4) is 11.5 Å². The van der Waals surface area contributed by atoms with E-state index in [4.69, 9.17) is 14.6 Å². The number of aromatic nitrogens is 2. The van der Waals surface area contributed by atoms with Crippen LogP contribution in [0, 0.1) is 13.8 Å². The molecule has 124 valence electrons. The fraction of sp³-hybridized carbons (Fsp3) is 0.412. The molecule has 2 N–H and O–H groups in total. The number of nitrogens with zero attached hydrogens (tertiary/aromatic N) is 2. The van der Waals surface area contributed by atoms with Crippen molar-refractivity contribution < 1.29 is 14.6 Å². The van der Waals surface area contributed by atoms with Crippen LogP contribution >= 0.6 is 0 Å². The molecule has 6 nitrogen and oxygen atoms in total. The van der Waals surface area contributed by atoms with Crippen LogP contribution in [0.5, 0.6) is 11.5 Å². The molecule has 1 heterocycles. The Morgan fingerprint density at radius 2 is 1.96 bits per heavy atom. The highest BCUT2D eigenvalue weighted by Crippen LogP contribution is 2.31. The first-order valence-electron chi connectivity index (χ1n) is 7.54. The molecule has 0 amide bonds. The maximum Gasteiger partial charge on any atom is 0.161 e. The van der Waals surface area contributed by atoms with Gasteiger partial charge in [0.05, 0.1) is 19.8 Å². The molecule has 0 radical (unpaired) electrons. The number of anilines is 1. The number of nitrogens with one attached hydrogen (secondary N) is 1. The molecule has 0 fully saturated rings. The topological polar surface area (TPSA) is 76.5 Å². The van der Waals surface area contributed by atoms with Gasteiger partial charge < -0.3 is 19.9 Å². The van der Waals surface area contributed by atoms with Crippen molar-refractivity contribution in [1.82, 2.24) is 9.97 Å². The molecule has 0 aliphatic carbocycles. The number of aliphatic hydroxyl groups is 1. The predicted molar refractivity (Wildman–Crippen MR) is 89.1 cm³/mol. The van der Waals surface area contributed by atoms with Crippen LogP contribution in [-0.4, -0.2) is 35.4 Å². The van der Waals surface area contributed by atoms with E-state index in [0.717, 1.165) is 22.9 Å². The number of ether oxygens (including phenoxy) is 2. The maximum absolute atomic E-state index is 8.86. The van der Waals surface area contributed by atoms with Crippen LogP contribution in [0.1, 0.15) is 30.0 Å². The second-order valence-corrected chi connectivity index (χ2v) is 5.29. The lowest BCUT2D eigenvalue weighted by Crippen LogP contribution is -2.10. The molecule has 0 saturated carbocycles. The summed E-state index contributed by atoms with van der Waals surface area (Å²) in [4.78, 5) is 8.67. The third-order valence-electron chi connectivity index (χ3n) is 3.37. The molecular weight excluding hydrogens is 294 g/mol. The zero-order valence-electron chi connectivity index (χ0n) is 14.0. The smallest absolute Gasteiger partial charge is 0.161 e. The van der Waals surface area contributed by atoms with E-state index in [1.54, 1.807) is 7.11 Å². The van der Waals surface area contributed by atoms with Gasteiger partial charge in [-0.15, -0.1) is 0 Å². The van der Waals surface area contributed by atoms with E-state index in [2.05, 4.69) is 22.2 Å². The van der Waals surface area contributed by atoms with Crippen molar-refractivity contribution in [2.24, 2.45) is 0 Å². The lowest BCUT2D eigenvalue weighted by Gasteiger charge is -2.18. The second-order valence-electron chi connectivity index (χ2n) is 5.29. The van der Waals surface area contributed by atoms with E-state index in [0.29, 0.717) is 11.5 Å². The molecule has 0 spiro atoms. The number of benzene rings is 1. The molecule has 1 aromatic heterocycles. The molecule has 0 aliphatic heterocycles. The van der Waals surface area contributed by atoms with Crippen LogP contribution in [0.25, 0.3) is 0 Å². The molecule has 6 heteroatoms. The van der Waals surface area contributed by atoms with Gasteiger partial charge in [-0.05, 0) is 38.5 Å². The Labute approximate surface area is 136 Å². The van der Waals surface area contributed by atoms with E-state index in [-0.39, 0.29) is 19.3 Å². The van der Waals surface area contributed by atoms with E-state index in [9.17, 15) is 0 Å². The number of hydrogen-bond donors (Lipinski definition) is 2. The number of rotatable bonds is 7. The summed E-state index contributed by atoms with van der Waals surface area (Å²) in [5.74, 6) is 2.79. The van der Waals surface area contributed by atoms with Gasteiger partial charge in [-0.2, -0.15) is 0 Å². The van der Waals surface area contributed by atoms with E-state index < -0.39 is 0 Å². The van der Waals surface area contributed by atoms with Crippen LogP contribution in [-0.2, 0) is 0 Å². The summed E-state index contributed by atoms with van der Waals surface area (Å²) in [6.07, 6.45) is 0. The van der Waals surface area contributed by atoms with E-state index in [1.165, 1.54) is 0 Å². The largest absolute Gasteiger partial charge is 0.493 e. The van der Waals surface area contributed by atoms with Crippen LogP contribution in [0.2, 0.25) is 0 Å². The third kappa shape index (κ3) is 4.56. The summed E-state index contributed by atoms with van der Waals surface area (Å²) in [7, 11) is 1.60. The monoisotopic (exact) mass is 317 g/mol. The highest BCUT2D eigenvalue weighted by Gasteiger charge is 2.11. The molecule has 23 heavy (non-hydrogen) atoms. The quantitative estimate of drug-likeness (QED) is 0.817. The summed E-state index contributed by atoms with van der Waals surface area (Å²) in [5.41, 5.74) is 1.98. The lowest BCUT2D eigenvalue weighted by atomic mass is 10.1. The minimum Gasteiger partial charge on any atom is -0.493 e. The lowest BCUT2D eigenvalue weighted by molar-refractivity contribution is 0.196. The van der Waals surface area contributed by atoms with Crippen molar-refractivity contribution in [3.05, 3.63) is 41.3 Å². The normalized spacial score (nSPS) is 11.9. The maximum atomic E-state index is 8.86. The molecule has 2 rings (SSSR count). The van der Waals surface area contributed by atoms with Crippen molar-refractivity contribution >= 4 is 5.82 Å². The SMILES string of the molecule is COc1cc([C@@H](C)Nc2cc(C)nc(C)n2)ccc1OCCO. The zero-order valence-corrected chi connectivity index (χ0v) is 14.0. The van der Waals surface area contributed by atoms with Crippen molar-refractivity contribution in [2.45, 2.75) is 26.8 Å². The Hall–Kier alpha value is -2.34. The standard InChI is InChI=1S/C17H23N3O3/c1-11-9-17(20-13(3)18-11)19-12(2)14-5-6-15(23-8-7-21)16(10-14)22-4/h5-6,9-10,12,21H,7-8H2,1-4H3,(H,18,19,20)/t12-/m1/s1. The van der Waals surface area contributed by atoms with Gasteiger partial charge in [-0.3, -0.25) is 0 Å². The van der Waals surface area contributed by atoms with Crippen LogP contribution < -0.4 is 14.8 Å². The summed E-state index contributed by atoms with van der Waals surface area (Å²) >= 11 is 0. The number of aryl methyl sites for hydroxylation is 2. The minimum atomic E-state index is -0.0325. The summed E-state index contributed by atoms with van der Waals surface area (Å²) in [5, 5.41) is 12.2. The molecule has 1 atom stereocenters. The Balaban J connectivity index is 2.16. The van der Waals surface area contributed by atoms with Gasteiger partial charge in [-0.25, -0.2) is 9.97 Å². The average molecular weight is 317 g/mol. The number of aliphatic hydroxyl groups excluding tert-OH is 1. The van der Waals surface area contributed by atoms with E-state index in [1.807, 2.05) is 38.1 Å². The van der Waals surface area contributed by atoms with Crippen LogP contribution in [0.4, 0.5) is 5.82 Å². The Morgan fingerprint density at radius 3 is 2.61 bits per heavy atom. The van der Waals surface area contributed by atoms with Crippen molar-refractivity contribution in [2.75, 3.05) is 25.6 Å². The van der Waals surface area contributed by atoms with Gasteiger partial charge in [-0.1, -0.05) is 6.07 Å². The van der Waals surface area contributed by atoms with Gasteiger partial charge in [0.25, 0.3) is 0 Å². The van der Waals surface area contributed by atoms with Gasteiger partial charge in [0.1, 0.15) is 18.2 Å². The fourth-order valence-electron chi connectivity index (χ4n) is 2.32. The molecule has 0 aliphatic rings. The zero-order chi connectivity index (χ0) is 16.8. The highest BCUT2D eigenvalue weighted by atomic mass is 16.5. The molecule has 2 aromatic rings. The number of hydrogen-bond acceptors (Lipinski definition) is 6. The van der Waals surface area contributed by atoms with Crippen LogP contribution in [0.3, 0.4) is 0 Å². The Bertz CT molecular complexity index is 641. The Morgan fingerprint density at radius 1 is 1.17 bits per heavy atom.